The summed E-state index contributed by atoms with van der Waals surface area (Å²) in [7, 11) is 0. The van der Waals surface area contributed by atoms with Gasteiger partial charge in [0.2, 0.25) is 0 Å². The second kappa shape index (κ2) is 20.2. The van der Waals surface area contributed by atoms with Crippen molar-refractivity contribution in [3.63, 3.8) is 0 Å². The second-order valence-electron chi connectivity index (χ2n) is 27.7. The molecule has 0 atom stereocenters. The van der Waals surface area contributed by atoms with Crippen molar-refractivity contribution >= 4 is 101 Å². The Morgan fingerprint density at radius 3 is 1.16 bits per heavy atom. The molecule has 430 valence electrons. The van der Waals surface area contributed by atoms with Gasteiger partial charge in [0.05, 0.1) is 22.4 Å². The zero-order valence-electron chi connectivity index (χ0n) is 52.2. The fraction of sp³-hybridized carbons (Fsp3) is 0.143. The largest absolute Gasteiger partial charge is 0.456 e. The summed E-state index contributed by atoms with van der Waals surface area (Å²) in [4.78, 5) is 5.40. The molecule has 0 fully saturated rings. The van der Waals surface area contributed by atoms with E-state index < -0.39 is 0 Å². The second-order valence-corrected chi connectivity index (χ2v) is 27.7. The standard InChI is InChI=1S/C84H70BN3O/c1-82(2,3)57-46-64(53-28-14-10-15-29-53)80(65(47-57)54-30-16-11-17-31-54)87-71-44-45-76-77(63-38-24-27-41-75(63)89-76)79(71)85-68-43-42-60(86-69-39-25-22-36-61(69)62-37-23-26-40-70(62)86)52-72(68)88(74-51-59(84(7,8)9)50-73(87)78(74)85)81-66(55-32-18-12-19-33-55)48-58(83(4,5)6)49-67(81)56-34-20-13-21-35-56/h10-52H,1-9H3. The lowest BCUT2D eigenvalue weighted by atomic mass is 9.32. The first-order chi connectivity index (χ1) is 43.1. The van der Waals surface area contributed by atoms with Gasteiger partial charge >= 0.3 is 0 Å². The van der Waals surface area contributed by atoms with Crippen molar-refractivity contribution in [3.05, 3.63) is 278 Å². The highest BCUT2D eigenvalue weighted by Crippen LogP contribution is 2.56. The Bertz CT molecular complexity index is 4960. The first-order valence-electron chi connectivity index (χ1n) is 31.5. The Morgan fingerprint density at radius 1 is 0.315 bits per heavy atom. The van der Waals surface area contributed by atoms with Gasteiger partial charge < -0.3 is 18.8 Å². The predicted molar refractivity (Wildman–Crippen MR) is 380 cm³/mol. The molecule has 0 radical (unpaired) electrons. The molecule has 5 heteroatoms. The summed E-state index contributed by atoms with van der Waals surface area (Å²) >= 11 is 0. The normalized spacial score (nSPS) is 13.2. The van der Waals surface area contributed by atoms with Gasteiger partial charge in [-0.3, -0.25) is 0 Å². The molecule has 4 heterocycles. The zero-order chi connectivity index (χ0) is 60.7. The summed E-state index contributed by atoms with van der Waals surface area (Å²) in [5.41, 5.74) is 28.2. The van der Waals surface area contributed by atoms with Crippen LogP contribution in [-0.2, 0) is 16.2 Å². The summed E-state index contributed by atoms with van der Waals surface area (Å²) in [6.45, 7) is 21.0. The molecule has 0 aliphatic carbocycles. The maximum Gasteiger partial charge on any atom is 0.253 e. The first kappa shape index (κ1) is 54.3. The minimum absolute atomic E-state index is 0.165. The third kappa shape index (κ3) is 8.72. The summed E-state index contributed by atoms with van der Waals surface area (Å²) in [5, 5.41) is 4.70. The van der Waals surface area contributed by atoms with Crippen LogP contribution in [0.15, 0.2) is 265 Å². The molecular weight excluding hydrogens is 1080 g/mol. The maximum atomic E-state index is 7.06. The molecule has 2 aliphatic heterocycles. The Balaban J connectivity index is 1.13. The van der Waals surface area contributed by atoms with Gasteiger partial charge in [-0.2, -0.15) is 0 Å². The SMILES string of the molecule is CC(C)(C)c1cc(-c2ccccc2)c(N2c3cc(-n4c5ccccc5c5ccccc54)ccc3B3c4c2cc(C(C)(C)C)cc4N(c2c(-c4ccccc4)cc(C(C)(C)C)cc2-c2ccccc2)c2ccc4oc5ccccc5c4c23)c(-c2ccccc2)c1. The van der Waals surface area contributed by atoms with E-state index in [4.69, 9.17) is 4.42 Å². The summed E-state index contributed by atoms with van der Waals surface area (Å²) in [6, 6.07) is 98.1. The lowest BCUT2D eigenvalue weighted by molar-refractivity contribution is 0.590. The number of nitrogens with zero attached hydrogens (tertiary/aromatic N) is 3. The van der Waals surface area contributed by atoms with Crippen LogP contribution in [0.2, 0.25) is 0 Å². The molecule has 0 bridgehead atoms. The van der Waals surface area contributed by atoms with Gasteiger partial charge in [-0.25, -0.2) is 0 Å². The summed E-state index contributed by atoms with van der Waals surface area (Å²) in [6.07, 6.45) is 0. The summed E-state index contributed by atoms with van der Waals surface area (Å²) < 4.78 is 9.55. The number of furan rings is 1. The van der Waals surface area contributed by atoms with Crippen LogP contribution in [-0.4, -0.2) is 11.3 Å². The van der Waals surface area contributed by atoms with E-state index in [1.54, 1.807) is 0 Å². The van der Waals surface area contributed by atoms with Crippen molar-refractivity contribution in [2.24, 2.45) is 0 Å². The number of hydrogen-bond donors (Lipinski definition) is 0. The van der Waals surface area contributed by atoms with E-state index >= 15 is 0 Å². The van der Waals surface area contributed by atoms with Gasteiger partial charge in [0, 0.05) is 72.2 Å². The van der Waals surface area contributed by atoms with Crippen molar-refractivity contribution in [2.75, 3.05) is 9.80 Å². The fourth-order valence-corrected chi connectivity index (χ4v) is 14.5. The molecular formula is C84H70BN3O. The molecule has 89 heavy (non-hydrogen) atoms. The van der Waals surface area contributed by atoms with E-state index in [9.17, 15) is 0 Å². The van der Waals surface area contributed by atoms with Gasteiger partial charge in [0.25, 0.3) is 6.71 Å². The molecule has 0 saturated heterocycles. The number of benzene rings is 12. The monoisotopic (exact) mass is 1150 g/mol. The quantitative estimate of drug-likeness (QED) is 0.149. The number of aromatic nitrogens is 1. The van der Waals surface area contributed by atoms with Crippen molar-refractivity contribution in [1.29, 1.82) is 0 Å². The molecule has 0 unspecified atom stereocenters. The number of anilines is 6. The van der Waals surface area contributed by atoms with Crippen LogP contribution in [0.25, 0.3) is 93.9 Å². The van der Waals surface area contributed by atoms with E-state index in [1.165, 1.54) is 77.1 Å². The van der Waals surface area contributed by atoms with Crippen LogP contribution in [0.3, 0.4) is 0 Å². The van der Waals surface area contributed by atoms with Crippen LogP contribution in [0.4, 0.5) is 34.1 Å². The molecule has 2 aromatic heterocycles. The number of hydrogen-bond acceptors (Lipinski definition) is 3. The fourth-order valence-electron chi connectivity index (χ4n) is 14.5. The van der Waals surface area contributed by atoms with Crippen LogP contribution < -0.4 is 26.2 Å². The number of rotatable bonds is 7. The van der Waals surface area contributed by atoms with Crippen LogP contribution in [0.1, 0.15) is 79.0 Å². The van der Waals surface area contributed by atoms with Crippen molar-refractivity contribution in [2.45, 2.75) is 78.6 Å². The molecule has 16 rings (SSSR count). The minimum Gasteiger partial charge on any atom is -0.456 e. The molecule has 4 nitrogen and oxygen atoms in total. The summed E-state index contributed by atoms with van der Waals surface area (Å²) in [5.74, 6) is 0. The predicted octanol–water partition coefficient (Wildman–Crippen LogP) is 21.3. The van der Waals surface area contributed by atoms with Crippen molar-refractivity contribution in [3.8, 4) is 50.2 Å². The van der Waals surface area contributed by atoms with E-state index in [0.29, 0.717) is 0 Å². The van der Waals surface area contributed by atoms with Gasteiger partial charge in [-0.05, 0) is 150 Å². The lowest BCUT2D eigenvalue weighted by Crippen LogP contribution is -2.61. The van der Waals surface area contributed by atoms with Gasteiger partial charge in [-0.1, -0.05) is 244 Å². The highest BCUT2D eigenvalue weighted by molar-refractivity contribution is 7.02. The molecule has 0 amide bonds. The molecule has 2 aliphatic rings. The lowest BCUT2D eigenvalue weighted by Gasteiger charge is -2.47. The minimum atomic E-state index is -0.296. The molecule has 0 N–H and O–H groups in total. The van der Waals surface area contributed by atoms with Crippen LogP contribution in [0.5, 0.6) is 0 Å². The van der Waals surface area contributed by atoms with Crippen molar-refractivity contribution in [1.82, 2.24) is 4.57 Å². The van der Waals surface area contributed by atoms with Crippen LogP contribution in [0, 0.1) is 0 Å². The van der Waals surface area contributed by atoms with Crippen molar-refractivity contribution < 1.29 is 4.42 Å². The number of fused-ring (bicyclic) bond motifs is 11. The van der Waals surface area contributed by atoms with E-state index in [0.717, 1.165) is 84.0 Å². The third-order valence-electron chi connectivity index (χ3n) is 19.0. The highest BCUT2D eigenvalue weighted by Gasteiger charge is 2.47. The third-order valence-corrected chi connectivity index (χ3v) is 19.0. The highest BCUT2D eigenvalue weighted by atomic mass is 16.3. The van der Waals surface area contributed by atoms with Gasteiger partial charge in [0.1, 0.15) is 11.2 Å². The van der Waals surface area contributed by atoms with Gasteiger partial charge in [-0.15, -0.1) is 0 Å². The smallest absolute Gasteiger partial charge is 0.253 e. The zero-order valence-corrected chi connectivity index (χ0v) is 52.2. The van der Waals surface area contributed by atoms with Gasteiger partial charge in [0.15, 0.2) is 0 Å². The molecule has 14 aromatic rings. The van der Waals surface area contributed by atoms with E-state index in [1.807, 2.05) is 0 Å². The topological polar surface area (TPSA) is 24.6 Å². The Morgan fingerprint density at radius 2 is 0.708 bits per heavy atom. The first-order valence-corrected chi connectivity index (χ1v) is 31.5. The molecule has 0 spiro atoms. The Labute approximate surface area is 523 Å². The van der Waals surface area contributed by atoms with E-state index in [-0.39, 0.29) is 23.0 Å². The molecule has 0 saturated carbocycles. The molecule has 12 aromatic carbocycles. The maximum absolute atomic E-state index is 7.06. The Hall–Kier alpha value is -10.1. The van der Waals surface area contributed by atoms with E-state index in [2.05, 4.69) is 338 Å². The number of para-hydroxylation sites is 3. The van der Waals surface area contributed by atoms with Crippen LogP contribution >= 0.6 is 0 Å². The average molecular weight is 1150 g/mol. The Kier molecular flexibility index (Phi) is 12.3. The average Bonchev–Trinajstić information content (AvgIpc) is 1.35.